The Labute approximate surface area is 150 Å². The van der Waals surface area contributed by atoms with Gasteiger partial charge in [0.2, 0.25) is 0 Å². The number of anilines is 1. The van der Waals surface area contributed by atoms with Crippen molar-refractivity contribution >= 4 is 22.9 Å². The molecule has 0 bridgehead atoms. The number of benzene rings is 2. The molecule has 1 aliphatic heterocycles. The zero-order valence-corrected chi connectivity index (χ0v) is 14.4. The van der Waals surface area contributed by atoms with Crippen molar-refractivity contribution in [1.29, 1.82) is 0 Å². The average molecular weight is 347 g/mol. The Morgan fingerprint density at radius 2 is 1.80 bits per heavy atom. The van der Waals surface area contributed by atoms with E-state index >= 15 is 0 Å². The van der Waals surface area contributed by atoms with E-state index in [1.54, 1.807) is 11.3 Å². The molecule has 0 spiro atoms. The first-order valence-electron chi connectivity index (χ1n) is 8.50. The monoisotopic (exact) mass is 347 g/mol. The van der Waals surface area contributed by atoms with Crippen LogP contribution in [0.15, 0.2) is 60.0 Å². The average Bonchev–Trinajstić information content (AvgIpc) is 3.37. The van der Waals surface area contributed by atoms with Gasteiger partial charge in [-0.25, -0.2) is 4.98 Å². The molecular formula is C20H17N3OS. The van der Waals surface area contributed by atoms with E-state index in [-0.39, 0.29) is 12.1 Å². The largest absolute Gasteiger partial charge is 0.359 e. The quantitative estimate of drug-likeness (QED) is 0.756. The fraction of sp³-hybridized carbons (Fsp3) is 0.200. The van der Waals surface area contributed by atoms with Crippen molar-refractivity contribution in [3.8, 4) is 10.6 Å². The summed E-state index contributed by atoms with van der Waals surface area (Å²) in [6.07, 6.45) is 1.95. The van der Waals surface area contributed by atoms with E-state index in [2.05, 4.69) is 22.8 Å². The summed E-state index contributed by atoms with van der Waals surface area (Å²) in [5.41, 5.74) is 3.67. The summed E-state index contributed by atoms with van der Waals surface area (Å²) in [5, 5.41) is 6.58. The minimum atomic E-state index is -0.191. The van der Waals surface area contributed by atoms with Gasteiger partial charge >= 0.3 is 0 Å². The molecule has 1 saturated carbocycles. The first-order valence-corrected chi connectivity index (χ1v) is 9.38. The van der Waals surface area contributed by atoms with Gasteiger partial charge < -0.3 is 10.2 Å². The second-order valence-corrected chi connectivity index (χ2v) is 7.34. The number of carbonyl (C=O) groups is 1. The van der Waals surface area contributed by atoms with Gasteiger partial charge in [-0.3, -0.25) is 4.79 Å². The highest BCUT2D eigenvalue weighted by Gasteiger charge is 2.42. The van der Waals surface area contributed by atoms with Crippen LogP contribution in [0.3, 0.4) is 0 Å². The van der Waals surface area contributed by atoms with E-state index in [4.69, 9.17) is 4.98 Å². The number of nitrogens with zero attached hydrogens (tertiary/aromatic N) is 2. The molecule has 124 valence electrons. The van der Waals surface area contributed by atoms with Gasteiger partial charge in [0.25, 0.3) is 5.91 Å². The molecule has 0 saturated heterocycles. The van der Waals surface area contributed by atoms with Crippen molar-refractivity contribution in [3.63, 3.8) is 0 Å². The lowest BCUT2D eigenvalue weighted by Gasteiger charge is -2.37. The number of fused-ring (bicyclic) bond motifs is 1. The van der Waals surface area contributed by atoms with Gasteiger partial charge in [0.1, 0.15) is 11.2 Å². The van der Waals surface area contributed by atoms with Crippen molar-refractivity contribution in [1.82, 2.24) is 9.88 Å². The highest BCUT2D eigenvalue weighted by Crippen LogP contribution is 2.41. The minimum absolute atomic E-state index is 0.108. The van der Waals surface area contributed by atoms with E-state index < -0.39 is 0 Å². The minimum Gasteiger partial charge on any atom is -0.359 e. The molecule has 25 heavy (non-hydrogen) atoms. The van der Waals surface area contributed by atoms with Crippen LogP contribution >= 0.6 is 11.3 Å². The molecule has 0 radical (unpaired) electrons. The fourth-order valence-electron chi connectivity index (χ4n) is 3.34. The molecule has 1 fully saturated rings. The van der Waals surface area contributed by atoms with Crippen molar-refractivity contribution in [2.45, 2.75) is 25.0 Å². The van der Waals surface area contributed by atoms with Gasteiger partial charge in [-0.2, -0.15) is 0 Å². The Morgan fingerprint density at radius 3 is 2.60 bits per heavy atom. The predicted octanol–water partition coefficient (Wildman–Crippen LogP) is 4.54. The van der Waals surface area contributed by atoms with Crippen LogP contribution in [0, 0.1) is 0 Å². The van der Waals surface area contributed by atoms with Crippen LogP contribution in [0.2, 0.25) is 0 Å². The van der Waals surface area contributed by atoms with Crippen molar-refractivity contribution in [2.75, 3.05) is 5.32 Å². The Kier molecular flexibility index (Phi) is 3.35. The molecule has 5 rings (SSSR count). The van der Waals surface area contributed by atoms with Gasteiger partial charge in [0.05, 0.1) is 11.3 Å². The van der Waals surface area contributed by atoms with E-state index in [0.29, 0.717) is 6.04 Å². The molecule has 2 heterocycles. The molecule has 1 amide bonds. The Hall–Kier alpha value is -2.66. The molecule has 4 nitrogen and oxygen atoms in total. The summed E-state index contributed by atoms with van der Waals surface area (Å²) in [4.78, 5) is 19.8. The van der Waals surface area contributed by atoms with Gasteiger partial charge in [0.15, 0.2) is 0 Å². The third-order valence-electron chi connectivity index (χ3n) is 4.73. The number of nitrogens with one attached hydrogen (secondary N) is 1. The molecule has 0 unspecified atom stereocenters. The SMILES string of the molecule is O=C1c2ccccc2N[C@@H](c2csc(-c3ccccc3)n2)N1C1CC1. The highest BCUT2D eigenvalue weighted by atomic mass is 32.1. The van der Waals surface area contributed by atoms with Crippen LogP contribution in [0.4, 0.5) is 5.69 Å². The first kappa shape index (κ1) is 14.7. The third kappa shape index (κ3) is 2.51. The third-order valence-corrected chi connectivity index (χ3v) is 5.64. The number of amides is 1. The second-order valence-electron chi connectivity index (χ2n) is 6.48. The highest BCUT2D eigenvalue weighted by molar-refractivity contribution is 7.13. The Bertz CT molecular complexity index is 933. The van der Waals surface area contributed by atoms with E-state index in [1.807, 2.05) is 47.4 Å². The maximum Gasteiger partial charge on any atom is 0.258 e. The zero-order chi connectivity index (χ0) is 16.8. The predicted molar refractivity (Wildman–Crippen MR) is 99.5 cm³/mol. The first-order chi connectivity index (χ1) is 12.3. The van der Waals surface area contributed by atoms with E-state index in [0.717, 1.165) is 40.4 Å². The number of para-hydroxylation sites is 1. The zero-order valence-electron chi connectivity index (χ0n) is 13.6. The van der Waals surface area contributed by atoms with Crippen molar-refractivity contribution < 1.29 is 4.79 Å². The normalized spacial score (nSPS) is 19.4. The lowest BCUT2D eigenvalue weighted by atomic mass is 10.1. The van der Waals surface area contributed by atoms with Crippen LogP contribution in [-0.4, -0.2) is 21.8 Å². The van der Waals surface area contributed by atoms with Gasteiger partial charge in [-0.05, 0) is 25.0 Å². The topological polar surface area (TPSA) is 45.2 Å². The molecule has 1 aromatic heterocycles. The molecule has 5 heteroatoms. The van der Waals surface area contributed by atoms with Gasteiger partial charge in [-0.1, -0.05) is 42.5 Å². The number of carbonyl (C=O) groups excluding carboxylic acids is 1. The van der Waals surface area contributed by atoms with Crippen LogP contribution in [0.1, 0.15) is 35.1 Å². The number of rotatable bonds is 3. The number of aromatic nitrogens is 1. The summed E-state index contributed by atoms with van der Waals surface area (Å²) in [6.45, 7) is 0. The second kappa shape index (κ2) is 5.70. The van der Waals surface area contributed by atoms with Crippen molar-refractivity contribution in [2.24, 2.45) is 0 Å². The summed E-state index contributed by atoms with van der Waals surface area (Å²) < 4.78 is 0. The molecule has 3 aromatic rings. The summed E-state index contributed by atoms with van der Waals surface area (Å²) in [6, 6.07) is 18.2. The van der Waals surface area contributed by atoms with Gasteiger partial charge in [0, 0.05) is 22.7 Å². The van der Waals surface area contributed by atoms with E-state index in [9.17, 15) is 4.79 Å². The number of thiazole rings is 1. The molecule has 2 aliphatic rings. The van der Waals surface area contributed by atoms with Crippen molar-refractivity contribution in [3.05, 3.63) is 71.2 Å². The Morgan fingerprint density at radius 1 is 1.04 bits per heavy atom. The molecular weight excluding hydrogens is 330 g/mol. The summed E-state index contributed by atoms with van der Waals surface area (Å²) in [5.74, 6) is 0.108. The number of hydrogen-bond acceptors (Lipinski definition) is 4. The molecule has 1 atom stereocenters. The molecule has 2 aromatic carbocycles. The van der Waals surface area contributed by atoms with Crippen LogP contribution in [-0.2, 0) is 0 Å². The maximum absolute atomic E-state index is 13.0. The van der Waals surface area contributed by atoms with Crippen LogP contribution in [0.5, 0.6) is 0 Å². The number of hydrogen-bond donors (Lipinski definition) is 1. The Balaban J connectivity index is 1.54. The summed E-state index contributed by atoms with van der Waals surface area (Å²) in [7, 11) is 0. The lowest BCUT2D eigenvalue weighted by Crippen LogP contribution is -2.44. The summed E-state index contributed by atoms with van der Waals surface area (Å²) >= 11 is 1.62. The lowest BCUT2D eigenvalue weighted by molar-refractivity contribution is 0.0663. The molecule has 1 N–H and O–H groups in total. The van der Waals surface area contributed by atoms with Gasteiger partial charge in [-0.15, -0.1) is 11.3 Å². The smallest absolute Gasteiger partial charge is 0.258 e. The molecule has 1 aliphatic carbocycles. The fourth-order valence-corrected chi connectivity index (χ4v) is 4.18. The standard InChI is InChI=1S/C20H17N3OS/c24-20-15-8-4-5-9-16(15)21-18(23(20)14-10-11-14)17-12-25-19(22-17)13-6-2-1-3-7-13/h1-9,12,14,18,21H,10-11H2/t18-/m1/s1. The van der Waals surface area contributed by atoms with Crippen LogP contribution < -0.4 is 5.32 Å². The van der Waals surface area contributed by atoms with Crippen LogP contribution in [0.25, 0.3) is 10.6 Å². The maximum atomic E-state index is 13.0. The van der Waals surface area contributed by atoms with E-state index in [1.165, 1.54) is 0 Å².